The van der Waals surface area contributed by atoms with Crippen molar-refractivity contribution in [1.82, 2.24) is 10.3 Å². The second-order valence-corrected chi connectivity index (χ2v) is 5.86. The average Bonchev–Trinajstić information content (AvgIpc) is 2.84. The van der Waals surface area contributed by atoms with Gasteiger partial charge in [-0.05, 0) is 38.5 Å². The third kappa shape index (κ3) is 5.23. The predicted molar refractivity (Wildman–Crippen MR) is 76.3 cm³/mol. The van der Waals surface area contributed by atoms with Crippen LogP contribution in [-0.4, -0.2) is 35.5 Å². The van der Waals surface area contributed by atoms with Gasteiger partial charge in [-0.25, -0.2) is 4.98 Å². The molecule has 0 saturated heterocycles. The number of hydrogen-bond donors (Lipinski definition) is 2. The summed E-state index contributed by atoms with van der Waals surface area (Å²) < 4.78 is 11.1. The Morgan fingerprint density at radius 3 is 2.85 bits per heavy atom. The van der Waals surface area contributed by atoms with Crippen LogP contribution in [0.1, 0.15) is 44.3 Å². The molecule has 1 saturated carbocycles. The quantitative estimate of drug-likeness (QED) is 0.801. The van der Waals surface area contributed by atoms with Crippen molar-refractivity contribution in [1.29, 1.82) is 0 Å². The molecule has 1 aromatic heterocycles. The lowest BCUT2D eigenvalue weighted by Gasteiger charge is -2.27. The van der Waals surface area contributed by atoms with Crippen molar-refractivity contribution in [3.63, 3.8) is 0 Å². The van der Waals surface area contributed by atoms with Crippen LogP contribution in [0, 0.1) is 12.8 Å². The van der Waals surface area contributed by atoms with E-state index in [4.69, 9.17) is 9.15 Å². The summed E-state index contributed by atoms with van der Waals surface area (Å²) in [6, 6.07) is 0. The molecule has 5 nitrogen and oxygen atoms in total. The van der Waals surface area contributed by atoms with Crippen molar-refractivity contribution in [2.24, 2.45) is 5.92 Å². The number of aliphatic hydroxyl groups is 1. The van der Waals surface area contributed by atoms with Crippen LogP contribution in [0.15, 0.2) is 10.6 Å². The maximum Gasteiger partial charge on any atom is 0.208 e. The third-order valence-electron chi connectivity index (χ3n) is 3.81. The smallest absolute Gasteiger partial charge is 0.208 e. The van der Waals surface area contributed by atoms with Gasteiger partial charge in [0.25, 0.3) is 0 Å². The highest BCUT2D eigenvalue weighted by Crippen LogP contribution is 2.25. The van der Waals surface area contributed by atoms with E-state index in [0.717, 1.165) is 24.5 Å². The van der Waals surface area contributed by atoms with Gasteiger partial charge in [-0.3, -0.25) is 0 Å². The number of aromatic nitrogens is 1. The first-order valence-corrected chi connectivity index (χ1v) is 7.55. The van der Waals surface area contributed by atoms with E-state index in [0.29, 0.717) is 31.7 Å². The minimum atomic E-state index is -0.481. The van der Waals surface area contributed by atoms with Crippen LogP contribution in [0.4, 0.5) is 0 Å². The van der Waals surface area contributed by atoms with Gasteiger partial charge in [-0.2, -0.15) is 0 Å². The molecule has 1 aliphatic carbocycles. The highest BCUT2D eigenvalue weighted by atomic mass is 16.5. The van der Waals surface area contributed by atoms with Gasteiger partial charge in [0.05, 0.1) is 31.6 Å². The lowest BCUT2D eigenvalue weighted by molar-refractivity contribution is -0.0279. The molecule has 0 bridgehead atoms. The van der Waals surface area contributed by atoms with Crippen molar-refractivity contribution in [3.05, 3.63) is 17.8 Å². The number of nitrogens with one attached hydrogen (secondary N) is 1. The number of oxazole rings is 1. The van der Waals surface area contributed by atoms with Crippen molar-refractivity contribution >= 4 is 0 Å². The van der Waals surface area contributed by atoms with E-state index >= 15 is 0 Å². The van der Waals surface area contributed by atoms with Crippen LogP contribution in [0.2, 0.25) is 0 Å². The van der Waals surface area contributed by atoms with E-state index in [1.54, 1.807) is 6.20 Å². The van der Waals surface area contributed by atoms with Gasteiger partial charge in [0.15, 0.2) is 0 Å². The standard InChI is InChI=1S/C15H26N2O3/c1-11-3-5-14(6-4-11)19-10-13(18)8-16-9-15-17-7-12(2)20-15/h7,11,13-14,16,18H,3-6,8-10H2,1-2H3. The summed E-state index contributed by atoms with van der Waals surface area (Å²) in [4.78, 5) is 4.10. The first kappa shape index (κ1) is 15.5. The van der Waals surface area contributed by atoms with Gasteiger partial charge in [-0.1, -0.05) is 6.92 Å². The fourth-order valence-corrected chi connectivity index (χ4v) is 2.53. The molecule has 0 aliphatic heterocycles. The Labute approximate surface area is 120 Å². The molecule has 1 atom stereocenters. The Hall–Kier alpha value is -0.910. The molecule has 1 aromatic rings. The molecule has 5 heteroatoms. The van der Waals surface area contributed by atoms with Gasteiger partial charge < -0.3 is 19.6 Å². The van der Waals surface area contributed by atoms with E-state index in [-0.39, 0.29) is 0 Å². The summed E-state index contributed by atoms with van der Waals surface area (Å²) in [6.45, 7) is 5.58. The Kier molecular flexibility index (Phi) is 6.01. The summed E-state index contributed by atoms with van der Waals surface area (Å²) in [5.74, 6) is 2.28. The van der Waals surface area contributed by atoms with Gasteiger partial charge in [0.1, 0.15) is 5.76 Å². The molecule has 20 heavy (non-hydrogen) atoms. The molecule has 0 aromatic carbocycles. The highest BCUT2D eigenvalue weighted by Gasteiger charge is 2.19. The maximum atomic E-state index is 9.88. The fraction of sp³-hybridized carbons (Fsp3) is 0.800. The second-order valence-electron chi connectivity index (χ2n) is 5.86. The van der Waals surface area contributed by atoms with Crippen LogP contribution in [-0.2, 0) is 11.3 Å². The van der Waals surface area contributed by atoms with E-state index in [9.17, 15) is 5.11 Å². The van der Waals surface area contributed by atoms with Crippen molar-refractivity contribution in [2.75, 3.05) is 13.2 Å². The molecule has 1 aliphatic rings. The lowest BCUT2D eigenvalue weighted by atomic mass is 9.89. The highest BCUT2D eigenvalue weighted by molar-refractivity contribution is 4.90. The minimum Gasteiger partial charge on any atom is -0.445 e. The number of nitrogens with zero attached hydrogens (tertiary/aromatic N) is 1. The Balaban J connectivity index is 1.55. The van der Waals surface area contributed by atoms with E-state index in [1.165, 1.54) is 12.8 Å². The first-order valence-electron chi connectivity index (χ1n) is 7.55. The van der Waals surface area contributed by atoms with Crippen LogP contribution >= 0.6 is 0 Å². The number of ether oxygens (including phenoxy) is 1. The topological polar surface area (TPSA) is 67.5 Å². The number of aliphatic hydroxyl groups excluding tert-OH is 1. The molecule has 0 radical (unpaired) electrons. The molecule has 1 heterocycles. The van der Waals surface area contributed by atoms with Crippen LogP contribution in [0.5, 0.6) is 0 Å². The van der Waals surface area contributed by atoms with Gasteiger partial charge in [-0.15, -0.1) is 0 Å². The summed E-state index contributed by atoms with van der Waals surface area (Å²) in [5.41, 5.74) is 0. The number of hydrogen-bond acceptors (Lipinski definition) is 5. The zero-order chi connectivity index (χ0) is 14.4. The maximum absolute atomic E-state index is 9.88. The molecule has 114 valence electrons. The molecule has 2 rings (SSSR count). The summed E-state index contributed by atoms with van der Waals surface area (Å²) in [5, 5.41) is 13.0. The van der Waals surface area contributed by atoms with Gasteiger partial charge >= 0.3 is 0 Å². The SMILES string of the molecule is Cc1cnc(CNCC(O)COC2CCC(C)CC2)o1. The minimum absolute atomic E-state index is 0.329. The zero-order valence-corrected chi connectivity index (χ0v) is 12.5. The van der Waals surface area contributed by atoms with E-state index < -0.39 is 6.10 Å². The Morgan fingerprint density at radius 1 is 1.45 bits per heavy atom. The summed E-state index contributed by atoms with van der Waals surface area (Å²) >= 11 is 0. The lowest BCUT2D eigenvalue weighted by Crippen LogP contribution is -2.32. The first-order chi connectivity index (χ1) is 9.63. The molecule has 0 amide bonds. The molecule has 0 spiro atoms. The number of rotatable bonds is 7. The van der Waals surface area contributed by atoms with Crippen molar-refractivity contribution < 1.29 is 14.3 Å². The average molecular weight is 282 g/mol. The molecule has 2 N–H and O–H groups in total. The van der Waals surface area contributed by atoms with E-state index in [1.807, 2.05) is 6.92 Å². The monoisotopic (exact) mass is 282 g/mol. The second kappa shape index (κ2) is 7.76. The van der Waals surface area contributed by atoms with Gasteiger partial charge in [0.2, 0.25) is 5.89 Å². The Bertz CT molecular complexity index is 386. The third-order valence-corrected chi connectivity index (χ3v) is 3.81. The molecular formula is C15H26N2O3. The van der Waals surface area contributed by atoms with Crippen LogP contribution < -0.4 is 5.32 Å². The summed E-state index contributed by atoms with van der Waals surface area (Å²) in [6.07, 6.45) is 6.26. The van der Waals surface area contributed by atoms with Gasteiger partial charge in [0, 0.05) is 6.54 Å². The predicted octanol–water partition coefficient (Wildman–Crippen LogP) is 2.03. The van der Waals surface area contributed by atoms with E-state index in [2.05, 4.69) is 17.2 Å². The largest absolute Gasteiger partial charge is 0.445 e. The summed E-state index contributed by atoms with van der Waals surface area (Å²) in [7, 11) is 0. The van der Waals surface area contributed by atoms with Crippen molar-refractivity contribution in [3.8, 4) is 0 Å². The molecular weight excluding hydrogens is 256 g/mol. The Morgan fingerprint density at radius 2 is 2.20 bits per heavy atom. The number of aryl methyl sites for hydroxylation is 1. The van der Waals surface area contributed by atoms with Crippen molar-refractivity contribution in [2.45, 2.75) is 58.3 Å². The zero-order valence-electron chi connectivity index (χ0n) is 12.5. The fourth-order valence-electron chi connectivity index (χ4n) is 2.53. The molecule has 1 fully saturated rings. The molecule has 1 unspecified atom stereocenters. The normalized spacial score (nSPS) is 24.8. The van der Waals surface area contributed by atoms with Crippen LogP contribution in [0.3, 0.4) is 0 Å². The van der Waals surface area contributed by atoms with Crippen LogP contribution in [0.25, 0.3) is 0 Å².